The molecule has 1 aliphatic carbocycles. The number of H-pyrrole nitrogens is 1. The molecule has 2 saturated heterocycles. The molecule has 0 bridgehead atoms. The van der Waals surface area contributed by atoms with E-state index in [4.69, 9.17) is 9.47 Å². The summed E-state index contributed by atoms with van der Waals surface area (Å²) in [7, 11) is 1.66. The maximum Gasteiger partial charge on any atom is 0.308 e. The fraction of sp³-hybridized carbons (Fsp3) is 0.488. The Labute approximate surface area is 302 Å². The molecule has 3 aliphatic rings. The molecule has 51 heavy (non-hydrogen) atoms. The maximum absolute atomic E-state index is 13.6. The number of likely N-dealkylation sites (tertiary alicyclic amines) is 2. The van der Waals surface area contributed by atoms with E-state index in [1.807, 2.05) is 54.1 Å². The van der Waals surface area contributed by atoms with Gasteiger partial charge in [-0.05, 0) is 67.3 Å². The zero-order valence-corrected chi connectivity index (χ0v) is 30.4. The number of nitrogens with one attached hydrogen (secondary N) is 1. The van der Waals surface area contributed by atoms with E-state index in [2.05, 4.69) is 57.4 Å². The average Bonchev–Trinajstić information content (AvgIpc) is 3.72. The number of piperidine rings is 1. The number of ether oxygens (including phenoxy) is 2. The van der Waals surface area contributed by atoms with Crippen LogP contribution in [-0.4, -0.2) is 70.9 Å². The Balaban J connectivity index is 1.01. The predicted octanol–water partition coefficient (Wildman–Crippen LogP) is 7.27. The summed E-state index contributed by atoms with van der Waals surface area (Å²) in [5, 5.41) is 3.44. The molecule has 0 amide bonds. The number of aromatic nitrogens is 2. The smallest absolute Gasteiger partial charge is 0.308 e. The number of rotatable bonds is 12. The first-order valence-corrected chi connectivity index (χ1v) is 19.1. The summed E-state index contributed by atoms with van der Waals surface area (Å²) in [6.07, 6.45) is 8.65. The monoisotopic (exact) mass is 690 g/mol. The van der Waals surface area contributed by atoms with Crippen molar-refractivity contribution in [3.05, 3.63) is 123 Å². The van der Waals surface area contributed by atoms with Crippen LogP contribution < -0.4 is 10.3 Å². The number of methoxy groups -OCH3 is 1. The van der Waals surface area contributed by atoms with Crippen molar-refractivity contribution in [3.8, 4) is 5.75 Å². The van der Waals surface area contributed by atoms with E-state index in [1.54, 1.807) is 7.11 Å². The molecule has 4 aromatic rings. The number of carbonyl (C=O) groups excluding carboxylic acids is 1. The number of hydrogen-bond acceptors (Lipinski definition) is 6. The normalized spacial score (nSPS) is 21.5. The van der Waals surface area contributed by atoms with Gasteiger partial charge in [-0.15, -0.1) is 0 Å². The predicted molar refractivity (Wildman–Crippen MR) is 201 cm³/mol. The first-order valence-electron chi connectivity index (χ1n) is 19.1. The van der Waals surface area contributed by atoms with Gasteiger partial charge in [-0.2, -0.15) is 0 Å². The molecule has 2 unspecified atom stereocenters. The Kier molecular flexibility index (Phi) is 11.1. The van der Waals surface area contributed by atoms with Crippen molar-refractivity contribution in [3.63, 3.8) is 0 Å². The Morgan fingerprint density at radius 2 is 1.55 bits per heavy atom. The van der Waals surface area contributed by atoms with Crippen LogP contribution in [0.25, 0.3) is 0 Å². The fourth-order valence-electron chi connectivity index (χ4n) is 9.10. The number of esters is 1. The second-order valence-electron chi connectivity index (χ2n) is 15.2. The van der Waals surface area contributed by atoms with Crippen LogP contribution in [0.1, 0.15) is 91.3 Å². The molecule has 8 heteroatoms. The Morgan fingerprint density at radius 1 is 0.863 bits per heavy atom. The molecular formula is C43H54N4O4. The number of aryl methyl sites for hydroxylation is 1. The van der Waals surface area contributed by atoms with Crippen molar-refractivity contribution in [2.24, 2.45) is 5.92 Å². The van der Waals surface area contributed by atoms with Crippen LogP contribution in [0.4, 0.5) is 0 Å². The van der Waals surface area contributed by atoms with Crippen LogP contribution in [0.2, 0.25) is 0 Å². The van der Waals surface area contributed by atoms with E-state index < -0.39 is 0 Å². The van der Waals surface area contributed by atoms with Gasteiger partial charge in [0, 0.05) is 61.9 Å². The van der Waals surface area contributed by atoms with E-state index in [-0.39, 0.29) is 29.7 Å². The summed E-state index contributed by atoms with van der Waals surface area (Å²) in [5.41, 5.74) is 5.36. The highest BCUT2D eigenvalue weighted by molar-refractivity contribution is 5.71. The molecule has 7 rings (SSSR count). The number of aromatic amines is 1. The van der Waals surface area contributed by atoms with Gasteiger partial charge in [-0.25, -0.2) is 4.68 Å². The van der Waals surface area contributed by atoms with Gasteiger partial charge in [-0.3, -0.25) is 19.6 Å². The lowest BCUT2D eigenvalue weighted by Gasteiger charge is -2.44. The quantitative estimate of drug-likeness (QED) is 0.158. The lowest BCUT2D eigenvalue weighted by Crippen LogP contribution is -2.51. The Bertz CT molecular complexity index is 1770. The first-order chi connectivity index (χ1) is 24.9. The average molecular weight is 691 g/mol. The minimum atomic E-state index is -0.159. The van der Waals surface area contributed by atoms with Gasteiger partial charge in [0.1, 0.15) is 12.4 Å². The summed E-state index contributed by atoms with van der Waals surface area (Å²) in [6, 6.07) is 29.2. The SMILES string of the molecule is COc1ccc(COC(=O)CC2(N3CC(CN4CCC(n5[nH]c(C)c(Cc6ccccc6)c5=O)CC4)C(c4ccccc4)C3)CCCCC2)cc1. The van der Waals surface area contributed by atoms with E-state index in [0.29, 0.717) is 24.7 Å². The molecule has 3 fully saturated rings. The number of nitrogens with zero attached hydrogens (tertiary/aromatic N) is 3. The lowest BCUT2D eigenvalue weighted by molar-refractivity contribution is -0.149. The number of benzene rings is 3. The zero-order chi connectivity index (χ0) is 35.2. The van der Waals surface area contributed by atoms with Crippen LogP contribution >= 0.6 is 0 Å². The van der Waals surface area contributed by atoms with Crippen LogP contribution in [0.5, 0.6) is 5.75 Å². The Morgan fingerprint density at radius 3 is 2.24 bits per heavy atom. The van der Waals surface area contributed by atoms with Gasteiger partial charge in [0.25, 0.3) is 5.56 Å². The van der Waals surface area contributed by atoms with Crippen LogP contribution in [0, 0.1) is 12.8 Å². The standard InChI is InChI=1S/C43H54N4O4/c1-32-39(26-33-12-6-3-7-13-33)42(49)47(44-32)37-20-24-45(25-21-37)28-36-29-46(30-40(36)35-14-8-4-9-15-35)43(22-10-5-11-23-43)27-41(48)51-31-34-16-18-38(50-2)19-17-34/h3-4,6-9,12-19,36-37,40,44H,5,10-11,20-31H2,1-2H3. The topological polar surface area (TPSA) is 79.8 Å². The molecule has 2 aliphatic heterocycles. The summed E-state index contributed by atoms with van der Waals surface area (Å²) in [5.74, 6) is 1.57. The van der Waals surface area contributed by atoms with E-state index in [9.17, 15) is 9.59 Å². The third-order valence-corrected chi connectivity index (χ3v) is 12.0. The van der Waals surface area contributed by atoms with Gasteiger partial charge >= 0.3 is 5.97 Å². The zero-order valence-electron chi connectivity index (χ0n) is 30.4. The highest BCUT2D eigenvalue weighted by Gasteiger charge is 2.47. The van der Waals surface area contributed by atoms with Gasteiger partial charge < -0.3 is 14.4 Å². The molecule has 270 valence electrons. The van der Waals surface area contributed by atoms with E-state index in [1.165, 1.54) is 12.0 Å². The van der Waals surface area contributed by atoms with Crippen molar-refractivity contribution in [1.29, 1.82) is 0 Å². The molecular weight excluding hydrogens is 636 g/mol. The van der Waals surface area contributed by atoms with E-state index >= 15 is 0 Å². The molecule has 3 heterocycles. The maximum atomic E-state index is 13.6. The minimum absolute atomic E-state index is 0.101. The van der Waals surface area contributed by atoms with Gasteiger partial charge in [0.15, 0.2) is 0 Å². The van der Waals surface area contributed by atoms with Crippen molar-refractivity contribution in [2.45, 2.75) is 88.8 Å². The van der Waals surface area contributed by atoms with Crippen molar-refractivity contribution >= 4 is 5.97 Å². The lowest BCUT2D eigenvalue weighted by atomic mass is 9.78. The van der Waals surface area contributed by atoms with E-state index in [0.717, 1.165) is 99.4 Å². The van der Waals surface area contributed by atoms with Gasteiger partial charge in [0.05, 0.1) is 19.6 Å². The number of hydrogen-bond donors (Lipinski definition) is 1. The second kappa shape index (κ2) is 16.0. The summed E-state index contributed by atoms with van der Waals surface area (Å²) in [6.45, 7) is 7.25. The highest BCUT2D eigenvalue weighted by atomic mass is 16.5. The van der Waals surface area contributed by atoms with Crippen LogP contribution in [-0.2, 0) is 22.6 Å². The molecule has 8 nitrogen and oxygen atoms in total. The fourth-order valence-corrected chi connectivity index (χ4v) is 9.10. The molecule has 0 radical (unpaired) electrons. The minimum Gasteiger partial charge on any atom is -0.497 e. The highest BCUT2D eigenvalue weighted by Crippen LogP contribution is 2.44. The molecule has 0 spiro atoms. The molecule has 1 saturated carbocycles. The van der Waals surface area contributed by atoms with Crippen LogP contribution in [0.15, 0.2) is 89.7 Å². The molecule has 2 atom stereocenters. The summed E-state index contributed by atoms with van der Waals surface area (Å²) >= 11 is 0. The summed E-state index contributed by atoms with van der Waals surface area (Å²) in [4.78, 5) is 32.4. The van der Waals surface area contributed by atoms with Crippen molar-refractivity contribution < 1.29 is 14.3 Å². The largest absolute Gasteiger partial charge is 0.497 e. The second-order valence-corrected chi connectivity index (χ2v) is 15.2. The van der Waals surface area contributed by atoms with Crippen LogP contribution in [0.3, 0.4) is 0 Å². The van der Waals surface area contributed by atoms with Gasteiger partial charge in [0.2, 0.25) is 0 Å². The first kappa shape index (κ1) is 35.3. The van der Waals surface area contributed by atoms with Crippen molar-refractivity contribution in [2.75, 3.05) is 39.8 Å². The molecule has 1 aromatic heterocycles. The van der Waals surface area contributed by atoms with Gasteiger partial charge in [-0.1, -0.05) is 92.1 Å². The molecule has 1 N–H and O–H groups in total. The van der Waals surface area contributed by atoms with Crippen molar-refractivity contribution in [1.82, 2.24) is 19.6 Å². The third-order valence-electron chi connectivity index (χ3n) is 12.0. The molecule has 3 aromatic carbocycles. The Hall–Kier alpha value is -4.14. The number of carbonyl (C=O) groups is 1. The summed E-state index contributed by atoms with van der Waals surface area (Å²) < 4.78 is 13.1. The third kappa shape index (κ3) is 8.18.